The number of aromatic nitrogens is 2. The summed E-state index contributed by atoms with van der Waals surface area (Å²) >= 11 is 0. The van der Waals surface area contributed by atoms with E-state index in [1.165, 1.54) is 17.3 Å². The molecule has 3 rings (SSSR count). The second-order valence-corrected chi connectivity index (χ2v) is 5.71. The van der Waals surface area contributed by atoms with Crippen LogP contribution in [0.3, 0.4) is 0 Å². The molecule has 0 saturated carbocycles. The first-order valence-electron chi connectivity index (χ1n) is 7.42. The smallest absolute Gasteiger partial charge is 0.404 e. The number of nitrogens with zero attached hydrogens (tertiary/aromatic N) is 4. The first kappa shape index (κ1) is 16.7. The van der Waals surface area contributed by atoms with Gasteiger partial charge in [0.2, 0.25) is 5.95 Å². The van der Waals surface area contributed by atoms with Gasteiger partial charge >= 0.3 is 6.18 Å². The fraction of sp³-hybridized carbons (Fsp3) is 0.500. The lowest BCUT2D eigenvalue weighted by Crippen LogP contribution is -2.51. The van der Waals surface area contributed by atoms with E-state index in [4.69, 9.17) is 5.73 Å². The summed E-state index contributed by atoms with van der Waals surface area (Å²) in [6.45, 7) is 1.85. The zero-order chi connectivity index (χ0) is 17.3. The van der Waals surface area contributed by atoms with E-state index in [1.54, 1.807) is 0 Å². The Balaban J connectivity index is 1.92. The van der Waals surface area contributed by atoms with E-state index >= 15 is 0 Å². The van der Waals surface area contributed by atoms with Crippen molar-refractivity contribution in [2.75, 3.05) is 31.1 Å². The standard InChI is InChI=1S/C14H17F3N6O/c15-14(16,17)12-1-11(8(2-18)3-20-9-4-19-5-9)21-13(22-12)23-6-10(24)7-23/h1-3,9-10,19,24H,4-7,18H2. The number of anilines is 1. The average Bonchev–Trinajstić information content (AvgIpc) is 2.45. The van der Waals surface area contributed by atoms with Crippen molar-refractivity contribution in [2.45, 2.75) is 18.3 Å². The van der Waals surface area contributed by atoms with Gasteiger partial charge in [0.1, 0.15) is 0 Å². The molecule has 0 unspecified atom stereocenters. The zero-order valence-electron chi connectivity index (χ0n) is 12.7. The molecule has 0 atom stereocenters. The number of aliphatic hydroxyl groups excluding tert-OH is 1. The summed E-state index contributed by atoms with van der Waals surface area (Å²) in [6, 6.07) is 0.942. The molecule has 0 aliphatic carbocycles. The highest BCUT2D eigenvalue weighted by Gasteiger charge is 2.36. The monoisotopic (exact) mass is 342 g/mol. The van der Waals surface area contributed by atoms with Crippen molar-refractivity contribution in [1.82, 2.24) is 15.3 Å². The quantitative estimate of drug-likeness (QED) is 0.667. The molecule has 4 N–H and O–H groups in total. The zero-order valence-corrected chi connectivity index (χ0v) is 12.7. The molecule has 3 heterocycles. The fourth-order valence-electron chi connectivity index (χ4n) is 2.25. The molecule has 2 aliphatic heterocycles. The number of hydrogen-bond acceptors (Lipinski definition) is 7. The number of rotatable bonds is 4. The van der Waals surface area contributed by atoms with E-state index in [0.717, 1.165) is 19.2 Å². The number of allylic oxidation sites excluding steroid dienone is 1. The first-order chi connectivity index (χ1) is 11.4. The molecule has 0 amide bonds. The van der Waals surface area contributed by atoms with Gasteiger partial charge in [0.15, 0.2) is 5.69 Å². The normalized spacial score (nSPS) is 20.3. The van der Waals surface area contributed by atoms with Crippen LogP contribution in [0, 0.1) is 0 Å². The van der Waals surface area contributed by atoms with Crippen LogP contribution in [0.4, 0.5) is 19.1 Å². The lowest BCUT2D eigenvalue weighted by Gasteiger charge is -2.36. The Morgan fingerprint density at radius 2 is 2.08 bits per heavy atom. The van der Waals surface area contributed by atoms with Crippen LogP contribution < -0.4 is 16.0 Å². The number of aliphatic hydroxyl groups is 1. The molecule has 10 heteroatoms. The van der Waals surface area contributed by atoms with Gasteiger partial charge in [-0.3, -0.25) is 4.99 Å². The first-order valence-corrected chi connectivity index (χ1v) is 7.42. The van der Waals surface area contributed by atoms with Crippen molar-refractivity contribution in [3.8, 4) is 0 Å². The Kier molecular flexibility index (Phi) is 4.41. The summed E-state index contributed by atoms with van der Waals surface area (Å²) in [7, 11) is 0. The van der Waals surface area contributed by atoms with Gasteiger partial charge in [-0.15, -0.1) is 0 Å². The third-order valence-electron chi connectivity index (χ3n) is 3.81. The molecule has 2 saturated heterocycles. The van der Waals surface area contributed by atoms with E-state index in [-0.39, 0.29) is 36.3 Å². The van der Waals surface area contributed by atoms with Gasteiger partial charge in [0, 0.05) is 44.2 Å². The molecular weight excluding hydrogens is 325 g/mol. The fourth-order valence-corrected chi connectivity index (χ4v) is 2.25. The number of hydrogen-bond donors (Lipinski definition) is 3. The predicted molar refractivity (Wildman–Crippen MR) is 82.6 cm³/mol. The van der Waals surface area contributed by atoms with Crippen molar-refractivity contribution in [1.29, 1.82) is 0 Å². The Hall–Kier alpha value is -2.20. The second kappa shape index (κ2) is 6.36. The lowest BCUT2D eigenvalue weighted by molar-refractivity contribution is -0.141. The van der Waals surface area contributed by atoms with Gasteiger partial charge in [0.25, 0.3) is 0 Å². The van der Waals surface area contributed by atoms with Gasteiger partial charge in [-0.2, -0.15) is 13.2 Å². The highest BCUT2D eigenvalue weighted by atomic mass is 19.4. The van der Waals surface area contributed by atoms with Crippen LogP contribution in [0.15, 0.2) is 17.3 Å². The maximum absolute atomic E-state index is 13.1. The van der Waals surface area contributed by atoms with Crippen LogP contribution in [-0.4, -0.2) is 59.6 Å². The Bertz CT molecular complexity index is 665. The minimum atomic E-state index is -4.61. The van der Waals surface area contributed by atoms with Gasteiger partial charge in [-0.1, -0.05) is 0 Å². The topological polar surface area (TPSA) is 99.7 Å². The van der Waals surface area contributed by atoms with Crippen molar-refractivity contribution in [3.05, 3.63) is 23.7 Å². The minimum absolute atomic E-state index is 0.0484. The molecule has 1 aromatic heterocycles. The Morgan fingerprint density at radius 3 is 2.58 bits per heavy atom. The molecule has 2 fully saturated rings. The van der Waals surface area contributed by atoms with Gasteiger partial charge in [0.05, 0.1) is 17.8 Å². The second-order valence-electron chi connectivity index (χ2n) is 5.71. The largest absolute Gasteiger partial charge is 0.433 e. The molecule has 130 valence electrons. The van der Waals surface area contributed by atoms with E-state index in [9.17, 15) is 18.3 Å². The van der Waals surface area contributed by atoms with Crippen molar-refractivity contribution in [3.63, 3.8) is 0 Å². The van der Waals surface area contributed by atoms with E-state index in [0.29, 0.717) is 0 Å². The lowest BCUT2D eigenvalue weighted by atomic mass is 10.1. The molecular formula is C14H17F3N6O. The number of alkyl halides is 3. The van der Waals surface area contributed by atoms with Crippen LogP contribution >= 0.6 is 0 Å². The van der Waals surface area contributed by atoms with Crippen LogP contribution in [0.25, 0.3) is 5.57 Å². The molecule has 0 radical (unpaired) electrons. The van der Waals surface area contributed by atoms with E-state index in [1.807, 2.05) is 0 Å². The predicted octanol–water partition coefficient (Wildman–Crippen LogP) is 0.0185. The van der Waals surface area contributed by atoms with Gasteiger partial charge in [-0.25, -0.2) is 9.97 Å². The molecule has 0 bridgehead atoms. The average molecular weight is 342 g/mol. The molecule has 7 nitrogen and oxygen atoms in total. The maximum atomic E-state index is 13.1. The summed E-state index contributed by atoms with van der Waals surface area (Å²) in [6.07, 6.45) is -2.58. The summed E-state index contributed by atoms with van der Waals surface area (Å²) in [5.74, 6) is -0.0804. The van der Waals surface area contributed by atoms with Gasteiger partial charge in [-0.05, 0) is 6.07 Å². The summed E-state index contributed by atoms with van der Waals surface area (Å²) in [5, 5.41) is 12.4. The number of halogens is 3. The van der Waals surface area contributed by atoms with E-state index < -0.39 is 18.0 Å². The van der Waals surface area contributed by atoms with Crippen LogP contribution in [0.2, 0.25) is 0 Å². The van der Waals surface area contributed by atoms with Crippen LogP contribution in [-0.2, 0) is 6.18 Å². The molecule has 2 aliphatic rings. The van der Waals surface area contributed by atoms with Crippen molar-refractivity contribution >= 4 is 17.7 Å². The number of β-amino-alcohol motifs (C(OH)–C–C–N with tert-alkyl or cyclic N) is 1. The summed E-state index contributed by atoms with van der Waals surface area (Å²) in [5.41, 5.74) is 4.82. The number of nitrogens with one attached hydrogen (secondary N) is 1. The Morgan fingerprint density at radius 1 is 1.38 bits per heavy atom. The van der Waals surface area contributed by atoms with Crippen LogP contribution in [0.5, 0.6) is 0 Å². The molecule has 0 spiro atoms. The van der Waals surface area contributed by atoms with Crippen molar-refractivity contribution < 1.29 is 18.3 Å². The molecule has 24 heavy (non-hydrogen) atoms. The number of aliphatic imine (C=N–C) groups is 1. The highest BCUT2D eigenvalue weighted by molar-refractivity contribution is 6.09. The Labute approximate surface area is 136 Å². The van der Waals surface area contributed by atoms with Gasteiger partial charge < -0.3 is 21.1 Å². The third kappa shape index (κ3) is 3.49. The third-order valence-corrected chi connectivity index (χ3v) is 3.81. The SMILES string of the molecule is NC=C(C=NC1CNC1)c1cc(C(F)(F)F)nc(N2CC(O)C2)n1. The summed E-state index contributed by atoms with van der Waals surface area (Å²) in [4.78, 5) is 13.4. The highest BCUT2D eigenvalue weighted by Crippen LogP contribution is 2.31. The maximum Gasteiger partial charge on any atom is 0.433 e. The minimum Gasteiger partial charge on any atom is -0.404 e. The molecule has 1 aromatic rings. The summed E-state index contributed by atoms with van der Waals surface area (Å²) < 4.78 is 39.3. The number of nitrogens with two attached hydrogens (primary N) is 1. The van der Waals surface area contributed by atoms with Crippen LogP contribution in [0.1, 0.15) is 11.4 Å². The van der Waals surface area contributed by atoms with Crippen molar-refractivity contribution in [2.24, 2.45) is 10.7 Å². The van der Waals surface area contributed by atoms with E-state index in [2.05, 4.69) is 20.3 Å². The molecule has 0 aromatic carbocycles.